The minimum atomic E-state index is -0.0137. The fourth-order valence-corrected chi connectivity index (χ4v) is 2.71. The Hall–Kier alpha value is -0.420. The summed E-state index contributed by atoms with van der Waals surface area (Å²) in [5.74, 6) is 0. The molecule has 3 nitrogen and oxygen atoms in total. The lowest BCUT2D eigenvalue weighted by atomic mass is 10.1. The van der Waals surface area contributed by atoms with E-state index in [0.717, 1.165) is 13.0 Å². The third-order valence-electron chi connectivity index (χ3n) is 2.51. The molecule has 1 aromatic heterocycles. The summed E-state index contributed by atoms with van der Waals surface area (Å²) in [6, 6.07) is 2.10. The van der Waals surface area contributed by atoms with Crippen molar-refractivity contribution in [3.05, 3.63) is 21.9 Å². The number of hydrogen-bond donors (Lipinski definition) is 1. The highest BCUT2D eigenvalue weighted by Crippen LogP contribution is 2.28. The van der Waals surface area contributed by atoms with Gasteiger partial charge in [-0.25, -0.2) is 0 Å². The quantitative estimate of drug-likeness (QED) is 0.728. The third-order valence-corrected chi connectivity index (χ3v) is 3.59. The molecule has 0 aliphatic heterocycles. The van der Waals surface area contributed by atoms with E-state index >= 15 is 0 Å². The molecule has 2 N–H and O–H groups in total. The van der Waals surface area contributed by atoms with Crippen LogP contribution in [0.5, 0.6) is 0 Å². The molecule has 0 bridgehead atoms. The summed E-state index contributed by atoms with van der Waals surface area (Å²) in [5.41, 5.74) is 7.23. The van der Waals surface area contributed by atoms with Crippen LogP contribution in [0.3, 0.4) is 0 Å². The van der Waals surface area contributed by atoms with Crippen molar-refractivity contribution in [3.8, 4) is 0 Å². The lowest BCUT2D eigenvalue weighted by Gasteiger charge is -2.21. The van der Waals surface area contributed by atoms with Crippen LogP contribution in [-0.4, -0.2) is 25.9 Å². The molecule has 0 amide bonds. The molecule has 17 heavy (non-hydrogen) atoms. The van der Waals surface area contributed by atoms with Crippen molar-refractivity contribution in [2.24, 2.45) is 5.73 Å². The van der Waals surface area contributed by atoms with Crippen molar-refractivity contribution in [3.63, 3.8) is 0 Å². The van der Waals surface area contributed by atoms with E-state index in [1.165, 1.54) is 10.4 Å². The van der Waals surface area contributed by atoms with E-state index in [2.05, 4.69) is 25.3 Å². The highest BCUT2D eigenvalue weighted by Gasteiger charge is 2.19. The molecule has 0 aliphatic carbocycles. The van der Waals surface area contributed by atoms with Crippen LogP contribution in [0.1, 0.15) is 36.8 Å². The second-order valence-corrected chi connectivity index (χ2v) is 5.18. The molecule has 2 unspecified atom stereocenters. The molecule has 2 atom stereocenters. The van der Waals surface area contributed by atoms with Crippen LogP contribution in [0.4, 0.5) is 0 Å². The molecule has 4 heteroatoms. The molecule has 0 saturated carbocycles. The Morgan fingerprint density at radius 3 is 2.65 bits per heavy atom. The van der Waals surface area contributed by atoms with Gasteiger partial charge >= 0.3 is 0 Å². The first-order valence-corrected chi connectivity index (χ1v) is 7.03. The van der Waals surface area contributed by atoms with Crippen molar-refractivity contribution in [2.45, 2.75) is 39.3 Å². The van der Waals surface area contributed by atoms with E-state index in [1.54, 1.807) is 11.3 Å². The van der Waals surface area contributed by atoms with E-state index in [1.807, 2.05) is 6.92 Å². The van der Waals surface area contributed by atoms with E-state index < -0.39 is 0 Å². The van der Waals surface area contributed by atoms with Gasteiger partial charge in [0.1, 0.15) is 6.10 Å². The fourth-order valence-electron chi connectivity index (χ4n) is 1.62. The van der Waals surface area contributed by atoms with E-state index in [4.69, 9.17) is 15.2 Å². The highest BCUT2D eigenvalue weighted by molar-refractivity contribution is 7.10. The van der Waals surface area contributed by atoms with Crippen LogP contribution in [0.15, 0.2) is 11.4 Å². The standard InChI is InChI=1S/C13H23NO2S/c1-4-6-15-7-8-16-12(11(3)14)13-10(2)5-9-17-13/h5,9,11-12H,4,6-8,14H2,1-3H3. The Bertz CT molecular complexity index is 312. The summed E-state index contributed by atoms with van der Waals surface area (Å²) in [5, 5.41) is 2.08. The second kappa shape index (κ2) is 7.82. The van der Waals surface area contributed by atoms with Gasteiger partial charge in [0.2, 0.25) is 0 Å². The minimum absolute atomic E-state index is 0.00137. The van der Waals surface area contributed by atoms with Crippen LogP contribution in [0.2, 0.25) is 0 Å². The summed E-state index contributed by atoms with van der Waals surface area (Å²) in [7, 11) is 0. The number of hydrogen-bond acceptors (Lipinski definition) is 4. The lowest BCUT2D eigenvalue weighted by molar-refractivity contribution is -0.00339. The molecule has 1 aromatic rings. The molecule has 98 valence electrons. The summed E-state index contributed by atoms with van der Waals surface area (Å²) in [4.78, 5) is 1.23. The number of rotatable bonds is 8. The molecule has 0 radical (unpaired) electrons. The molecule has 1 rings (SSSR count). The maximum atomic E-state index is 5.98. The summed E-state index contributed by atoms with van der Waals surface area (Å²) in [6.45, 7) is 8.21. The number of ether oxygens (including phenoxy) is 2. The van der Waals surface area contributed by atoms with E-state index in [-0.39, 0.29) is 12.1 Å². The maximum Gasteiger partial charge on any atom is 0.107 e. The van der Waals surface area contributed by atoms with E-state index in [0.29, 0.717) is 13.2 Å². The monoisotopic (exact) mass is 257 g/mol. The minimum Gasteiger partial charge on any atom is -0.379 e. The van der Waals surface area contributed by atoms with Crippen molar-refractivity contribution < 1.29 is 9.47 Å². The number of nitrogens with two attached hydrogens (primary N) is 1. The molecule has 0 spiro atoms. The van der Waals surface area contributed by atoms with Gasteiger partial charge < -0.3 is 15.2 Å². The Kier molecular flexibility index (Phi) is 6.73. The lowest BCUT2D eigenvalue weighted by Crippen LogP contribution is -2.27. The maximum absolute atomic E-state index is 5.98. The average molecular weight is 257 g/mol. The van der Waals surface area contributed by atoms with Crippen molar-refractivity contribution in [1.82, 2.24) is 0 Å². The van der Waals surface area contributed by atoms with Crippen molar-refractivity contribution in [2.75, 3.05) is 19.8 Å². The highest BCUT2D eigenvalue weighted by atomic mass is 32.1. The zero-order valence-corrected chi connectivity index (χ0v) is 11.8. The number of thiophene rings is 1. The smallest absolute Gasteiger partial charge is 0.107 e. The SMILES string of the molecule is CCCOCCOC(c1sccc1C)C(C)N. The Labute approximate surface area is 108 Å². The topological polar surface area (TPSA) is 44.5 Å². The first-order chi connectivity index (χ1) is 8.16. The van der Waals surface area contributed by atoms with Gasteiger partial charge in [-0.1, -0.05) is 6.92 Å². The van der Waals surface area contributed by atoms with Crippen LogP contribution in [-0.2, 0) is 9.47 Å². The van der Waals surface area contributed by atoms with Crippen LogP contribution in [0.25, 0.3) is 0 Å². The Balaban J connectivity index is 2.42. The molecule has 0 aromatic carbocycles. The Morgan fingerprint density at radius 1 is 1.35 bits per heavy atom. The van der Waals surface area contributed by atoms with Gasteiger partial charge in [0.15, 0.2) is 0 Å². The van der Waals surface area contributed by atoms with E-state index in [9.17, 15) is 0 Å². The van der Waals surface area contributed by atoms with Gasteiger partial charge in [-0.3, -0.25) is 0 Å². The predicted molar refractivity (Wildman–Crippen MR) is 72.5 cm³/mol. The zero-order valence-electron chi connectivity index (χ0n) is 10.9. The van der Waals surface area contributed by atoms with Crippen LogP contribution < -0.4 is 5.73 Å². The van der Waals surface area contributed by atoms with Crippen molar-refractivity contribution >= 4 is 11.3 Å². The first-order valence-electron chi connectivity index (χ1n) is 6.15. The van der Waals surface area contributed by atoms with Crippen LogP contribution in [0, 0.1) is 6.92 Å². The number of aryl methyl sites for hydroxylation is 1. The molecular formula is C13H23NO2S. The molecule has 0 aliphatic rings. The Morgan fingerprint density at radius 2 is 2.12 bits per heavy atom. The van der Waals surface area contributed by atoms with Gasteiger partial charge in [-0.15, -0.1) is 11.3 Å². The summed E-state index contributed by atoms with van der Waals surface area (Å²) < 4.78 is 11.2. The van der Waals surface area contributed by atoms with Gasteiger partial charge in [0.25, 0.3) is 0 Å². The average Bonchev–Trinajstić information content (AvgIpc) is 2.69. The predicted octanol–water partition coefficient (Wildman–Crippen LogP) is 2.89. The molecule has 0 fully saturated rings. The summed E-state index contributed by atoms with van der Waals surface area (Å²) >= 11 is 1.71. The molecule has 0 saturated heterocycles. The normalized spacial score (nSPS) is 14.8. The van der Waals surface area contributed by atoms with Crippen LogP contribution >= 0.6 is 11.3 Å². The molecule has 1 heterocycles. The molecular weight excluding hydrogens is 234 g/mol. The van der Waals surface area contributed by atoms with Gasteiger partial charge in [-0.2, -0.15) is 0 Å². The van der Waals surface area contributed by atoms with Gasteiger partial charge in [-0.05, 0) is 37.3 Å². The fraction of sp³-hybridized carbons (Fsp3) is 0.692. The first kappa shape index (κ1) is 14.6. The summed E-state index contributed by atoms with van der Waals surface area (Å²) in [6.07, 6.45) is 1.03. The largest absolute Gasteiger partial charge is 0.379 e. The van der Waals surface area contributed by atoms with Gasteiger partial charge in [0, 0.05) is 17.5 Å². The third kappa shape index (κ3) is 4.76. The van der Waals surface area contributed by atoms with Crippen molar-refractivity contribution in [1.29, 1.82) is 0 Å². The second-order valence-electron chi connectivity index (χ2n) is 4.23. The zero-order chi connectivity index (χ0) is 12.7. The van der Waals surface area contributed by atoms with Gasteiger partial charge in [0.05, 0.1) is 13.2 Å².